The maximum Gasteiger partial charge on any atom is 0.333 e. The maximum atomic E-state index is 11.6. The molecule has 0 aromatic carbocycles. The first-order chi connectivity index (χ1) is 10.5. The van der Waals surface area contributed by atoms with E-state index in [1.54, 1.807) is 12.5 Å². The highest BCUT2D eigenvalue weighted by molar-refractivity contribution is 5.86. The van der Waals surface area contributed by atoms with Crippen molar-refractivity contribution in [3.63, 3.8) is 0 Å². The molecule has 1 saturated carbocycles. The zero-order valence-electron chi connectivity index (χ0n) is 13.9. The number of nitriles is 1. The van der Waals surface area contributed by atoms with Gasteiger partial charge < -0.3 is 4.74 Å². The largest absolute Gasteiger partial charge is 0.462 e. The molecule has 0 N–H and O–H groups in total. The maximum absolute atomic E-state index is 11.6. The van der Waals surface area contributed by atoms with Gasteiger partial charge in [0.25, 0.3) is 0 Å². The van der Waals surface area contributed by atoms with Crippen molar-refractivity contribution in [2.45, 2.75) is 58.8 Å². The van der Waals surface area contributed by atoms with Crippen LogP contribution in [0.15, 0.2) is 23.8 Å². The molecule has 0 aromatic rings. The highest BCUT2D eigenvalue weighted by Crippen LogP contribution is 2.55. The Morgan fingerprint density at radius 1 is 1.59 bits per heavy atom. The summed E-state index contributed by atoms with van der Waals surface area (Å²) < 4.78 is 5.35. The molecule has 0 spiro atoms. The number of carbonyl (C=O) groups is 1. The third-order valence-electron chi connectivity index (χ3n) is 5.47. The summed E-state index contributed by atoms with van der Waals surface area (Å²) in [5, 5.41) is 9.26. The van der Waals surface area contributed by atoms with Gasteiger partial charge in [0.15, 0.2) is 0 Å². The molecule has 2 aliphatic carbocycles. The molecule has 0 heterocycles. The van der Waals surface area contributed by atoms with E-state index in [2.05, 4.69) is 25.6 Å². The quantitative estimate of drug-likeness (QED) is 0.411. The molecule has 2 rings (SSSR count). The Morgan fingerprint density at radius 2 is 2.36 bits per heavy atom. The van der Waals surface area contributed by atoms with Crippen molar-refractivity contribution in [2.24, 2.45) is 17.3 Å². The lowest BCUT2D eigenvalue weighted by atomic mass is 9.55. The van der Waals surface area contributed by atoms with E-state index in [0.717, 1.165) is 25.7 Å². The Labute approximate surface area is 134 Å². The molecule has 2 bridgehead atoms. The number of allylic oxidation sites excluding steroid dienone is 2. The lowest BCUT2D eigenvalue weighted by Gasteiger charge is -2.50. The molecular formula is C19H27NO2. The molecule has 0 amide bonds. The van der Waals surface area contributed by atoms with Gasteiger partial charge in [-0.05, 0) is 62.7 Å². The minimum absolute atomic E-state index is 0.147. The van der Waals surface area contributed by atoms with Crippen LogP contribution < -0.4 is 0 Å². The van der Waals surface area contributed by atoms with Crippen LogP contribution in [0.5, 0.6) is 0 Å². The second kappa shape index (κ2) is 7.13. The van der Waals surface area contributed by atoms with E-state index in [9.17, 15) is 10.1 Å². The molecule has 3 atom stereocenters. The molecule has 0 aromatic heterocycles. The molecule has 120 valence electrons. The van der Waals surface area contributed by atoms with Crippen molar-refractivity contribution < 1.29 is 9.53 Å². The van der Waals surface area contributed by atoms with Crippen molar-refractivity contribution in [1.29, 1.82) is 5.26 Å². The molecule has 0 radical (unpaired) electrons. The minimum Gasteiger partial charge on any atom is -0.462 e. The molecule has 22 heavy (non-hydrogen) atoms. The van der Waals surface area contributed by atoms with Crippen LogP contribution in [0.3, 0.4) is 0 Å². The first kappa shape index (κ1) is 16.8. The molecule has 0 saturated heterocycles. The molecule has 0 aliphatic heterocycles. The van der Waals surface area contributed by atoms with E-state index in [4.69, 9.17) is 4.74 Å². The van der Waals surface area contributed by atoms with Crippen molar-refractivity contribution >= 4 is 5.97 Å². The van der Waals surface area contributed by atoms with E-state index < -0.39 is 0 Å². The highest BCUT2D eigenvalue weighted by atomic mass is 16.5. The van der Waals surface area contributed by atoms with Crippen molar-refractivity contribution in [2.75, 3.05) is 6.61 Å². The summed E-state index contributed by atoms with van der Waals surface area (Å²) in [5.41, 5.74) is 2.15. The average molecular weight is 301 g/mol. The number of hydrogen-bond acceptors (Lipinski definition) is 3. The summed E-state index contributed by atoms with van der Waals surface area (Å²) in [6.07, 6.45) is 9.62. The lowest BCUT2D eigenvalue weighted by molar-refractivity contribution is -0.140. The van der Waals surface area contributed by atoms with Crippen molar-refractivity contribution in [3.8, 4) is 6.07 Å². The van der Waals surface area contributed by atoms with E-state index in [1.165, 1.54) is 12.8 Å². The summed E-state index contributed by atoms with van der Waals surface area (Å²) >= 11 is 0. The second-order valence-electron chi connectivity index (χ2n) is 6.92. The van der Waals surface area contributed by atoms with Crippen LogP contribution in [-0.4, -0.2) is 12.6 Å². The summed E-state index contributed by atoms with van der Waals surface area (Å²) in [5.74, 6) is 0.596. The average Bonchev–Trinajstić information content (AvgIpc) is 2.50. The Kier molecular flexibility index (Phi) is 5.45. The first-order valence-electron chi connectivity index (χ1n) is 8.41. The van der Waals surface area contributed by atoms with Crippen LogP contribution in [0, 0.1) is 28.6 Å². The zero-order chi connectivity index (χ0) is 16.2. The smallest absolute Gasteiger partial charge is 0.333 e. The molecular weight excluding hydrogens is 274 g/mol. The molecule has 3 heteroatoms. The number of esters is 1. The van der Waals surface area contributed by atoms with E-state index in [0.29, 0.717) is 30.4 Å². The SMILES string of the molecule is C=C(C)C(=O)OCCC12CCCC(=CC(CC)C1CC#N)C2. The van der Waals surface area contributed by atoms with Gasteiger partial charge in [0.05, 0.1) is 12.7 Å². The predicted molar refractivity (Wildman–Crippen MR) is 86.9 cm³/mol. The predicted octanol–water partition coefficient (Wildman–Crippen LogP) is 4.55. The van der Waals surface area contributed by atoms with Gasteiger partial charge in [-0.25, -0.2) is 4.79 Å². The van der Waals surface area contributed by atoms with Gasteiger partial charge >= 0.3 is 5.97 Å². The fourth-order valence-electron chi connectivity index (χ4n) is 4.37. The standard InChI is InChI=1S/C19H27NO2/c1-4-16-12-15-6-5-8-19(13-15,17(16)7-10-20)9-11-22-18(21)14(2)3/h12,16-17H,2,4-9,11,13H2,1,3H3. The Hall–Kier alpha value is -1.56. The van der Waals surface area contributed by atoms with Crippen molar-refractivity contribution in [1.82, 2.24) is 0 Å². The zero-order valence-corrected chi connectivity index (χ0v) is 13.9. The summed E-state index contributed by atoms with van der Waals surface area (Å²) in [7, 11) is 0. The number of carbonyl (C=O) groups excluding carboxylic acids is 1. The highest BCUT2D eigenvalue weighted by Gasteiger charge is 2.46. The Balaban J connectivity index is 2.13. The van der Waals surface area contributed by atoms with Crippen LogP contribution in [0.25, 0.3) is 0 Å². The number of hydrogen-bond donors (Lipinski definition) is 0. The van der Waals surface area contributed by atoms with Gasteiger partial charge in [-0.2, -0.15) is 5.26 Å². The minimum atomic E-state index is -0.303. The summed E-state index contributed by atoms with van der Waals surface area (Å²) in [6.45, 7) is 7.95. The third-order valence-corrected chi connectivity index (χ3v) is 5.47. The molecule has 1 fully saturated rings. The van der Waals surface area contributed by atoms with Gasteiger partial charge in [0.2, 0.25) is 0 Å². The van der Waals surface area contributed by atoms with Crippen LogP contribution in [0.4, 0.5) is 0 Å². The summed E-state index contributed by atoms with van der Waals surface area (Å²) in [6, 6.07) is 2.40. The van der Waals surface area contributed by atoms with Crippen LogP contribution in [-0.2, 0) is 9.53 Å². The Bertz CT molecular complexity index is 514. The topological polar surface area (TPSA) is 50.1 Å². The van der Waals surface area contributed by atoms with Crippen LogP contribution in [0.2, 0.25) is 0 Å². The van der Waals surface area contributed by atoms with Gasteiger partial charge in [-0.1, -0.05) is 25.2 Å². The van der Waals surface area contributed by atoms with E-state index >= 15 is 0 Å². The first-order valence-corrected chi connectivity index (χ1v) is 8.41. The fourth-order valence-corrected chi connectivity index (χ4v) is 4.37. The van der Waals surface area contributed by atoms with Gasteiger partial charge in [0.1, 0.15) is 0 Å². The monoisotopic (exact) mass is 301 g/mol. The third kappa shape index (κ3) is 3.43. The molecule has 2 aliphatic rings. The Morgan fingerprint density at radius 3 is 3.00 bits per heavy atom. The number of rotatable bonds is 6. The molecule has 3 nitrogen and oxygen atoms in total. The lowest BCUT2D eigenvalue weighted by Crippen LogP contribution is -2.41. The van der Waals surface area contributed by atoms with E-state index in [-0.39, 0.29) is 11.4 Å². The number of nitrogens with zero attached hydrogens (tertiary/aromatic N) is 1. The second-order valence-corrected chi connectivity index (χ2v) is 6.92. The number of fused-ring (bicyclic) bond motifs is 2. The number of ether oxygens (including phenoxy) is 1. The van der Waals surface area contributed by atoms with Crippen LogP contribution >= 0.6 is 0 Å². The van der Waals surface area contributed by atoms with Crippen LogP contribution in [0.1, 0.15) is 58.8 Å². The van der Waals surface area contributed by atoms with Gasteiger partial charge in [-0.15, -0.1) is 0 Å². The molecule has 3 unspecified atom stereocenters. The normalized spacial score (nSPS) is 30.1. The summed E-state index contributed by atoms with van der Waals surface area (Å²) in [4.78, 5) is 11.6. The van der Waals surface area contributed by atoms with Gasteiger partial charge in [0, 0.05) is 12.0 Å². The van der Waals surface area contributed by atoms with Crippen molar-refractivity contribution in [3.05, 3.63) is 23.8 Å². The fraction of sp³-hybridized carbons (Fsp3) is 0.684. The van der Waals surface area contributed by atoms with Gasteiger partial charge in [-0.3, -0.25) is 0 Å². The van der Waals surface area contributed by atoms with E-state index in [1.807, 2.05) is 0 Å².